The molecular weight excluding hydrogens is 216 g/mol. The summed E-state index contributed by atoms with van der Waals surface area (Å²) in [5.74, 6) is 0.467. The Morgan fingerprint density at radius 2 is 2.12 bits per heavy atom. The van der Waals surface area contributed by atoms with E-state index in [-0.39, 0.29) is 5.97 Å². The number of carbonyl (C=O) groups is 1. The Hall–Kier alpha value is -1.45. The van der Waals surface area contributed by atoms with E-state index in [1.54, 1.807) is 13.1 Å². The molecule has 0 bridgehead atoms. The first-order chi connectivity index (χ1) is 8.19. The molecule has 94 valence electrons. The molecule has 0 aliphatic rings. The van der Waals surface area contributed by atoms with Gasteiger partial charge in [0.1, 0.15) is 5.82 Å². The summed E-state index contributed by atoms with van der Waals surface area (Å²) in [5, 5.41) is 0. The molecule has 0 spiro atoms. The van der Waals surface area contributed by atoms with Crippen molar-refractivity contribution in [1.29, 1.82) is 0 Å². The van der Waals surface area contributed by atoms with Gasteiger partial charge in [0.05, 0.1) is 17.9 Å². The molecule has 0 aliphatic carbocycles. The number of nitrogens with zero attached hydrogens (tertiary/aromatic N) is 2. The number of rotatable bonds is 6. The Morgan fingerprint density at radius 1 is 1.35 bits per heavy atom. The van der Waals surface area contributed by atoms with Crippen molar-refractivity contribution in [3.05, 3.63) is 23.3 Å². The fraction of sp³-hybridized carbons (Fsp3) is 0.615. The summed E-state index contributed by atoms with van der Waals surface area (Å²) in [6, 6.07) is 0. The van der Waals surface area contributed by atoms with Gasteiger partial charge in [0.2, 0.25) is 0 Å². The van der Waals surface area contributed by atoms with Gasteiger partial charge in [0.15, 0.2) is 0 Å². The molecule has 4 heteroatoms. The lowest BCUT2D eigenvalue weighted by Crippen LogP contribution is -2.10. The van der Waals surface area contributed by atoms with Crippen molar-refractivity contribution in [1.82, 2.24) is 9.97 Å². The summed E-state index contributed by atoms with van der Waals surface area (Å²) >= 11 is 0. The fourth-order valence-corrected chi connectivity index (χ4v) is 1.58. The number of carbonyl (C=O) groups excluding carboxylic acids is 1. The number of aromatic nitrogens is 2. The van der Waals surface area contributed by atoms with E-state index in [0.717, 1.165) is 18.7 Å². The average molecular weight is 236 g/mol. The second kappa shape index (κ2) is 6.99. The molecule has 1 heterocycles. The van der Waals surface area contributed by atoms with E-state index in [1.807, 2.05) is 6.92 Å². The van der Waals surface area contributed by atoms with Crippen LogP contribution < -0.4 is 0 Å². The van der Waals surface area contributed by atoms with Gasteiger partial charge in [-0.1, -0.05) is 19.8 Å². The molecule has 0 fully saturated rings. The van der Waals surface area contributed by atoms with Crippen LogP contribution in [-0.4, -0.2) is 22.5 Å². The fourth-order valence-electron chi connectivity index (χ4n) is 1.58. The summed E-state index contributed by atoms with van der Waals surface area (Å²) in [6.45, 7) is 6.14. The smallest absolute Gasteiger partial charge is 0.341 e. The molecule has 4 nitrogen and oxygen atoms in total. The van der Waals surface area contributed by atoms with E-state index in [9.17, 15) is 4.79 Å². The van der Waals surface area contributed by atoms with Crippen LogP contribution in [-0.2, 0) is 11.2 Å². The van der Waals surface area contributed by atoms with E-state index in [4.69, 9.17) is 4.74 Å². The van der Waals surface area contributed by atoms with E-state index in [0.29, 0.717) is 17.9 Å². The van der Waals surface area contributed by atoms with Crippen LogP contribution in [0.1, 0.15) is 55.0 Å². The number of ether oxygens (including phenoxy) is 1. The number of aryl methyl sites for hydroxylation is 2. The highest BCUT2D eigenvalue weighted by Gasteiger charge is 2.12. The van der Waals surface area contributed by atoms with Gasteiger partial charge in [-0.25, -0.2) is 14.8 Å². The van der Waals surface area contributed by atoms with E-state index >= 15 is 0 Å². The molecule has 1 rings (SSSR count). The lowest BCUT2D eigenvalue weighted by atomic mass is 10.2. The van der Waals surface area contributed by atoms with E-state index < -0.39 is 0 Å². The third-order valence-corrected chi connectivity index (χ3v) is 2.53. The van der Waals surface area contributed by atoms with Crippen molar-refractivity contribution in [2.24, 2.45) is 0 Å². The Morgan fingerprint density at radius 3 is 2.71 bits per heavy atom. The van der Waals surface area contributed by atoms with Crippen LogP contribution in [0.5, 0.6) is 0 Å². The predicted octanol–water partition coefficient (Wildman–Crippen LogP) is 2.69. The number of hydrogen-bond donors (Lipinski definition) is 0. The minimum Gasteiger partial charge on any atom is -0.462 e. The highest BCUT2D eigenvalue weighted by atomic mass is 16.5. The molecule has 0 saturated heterocycles. The maximum absolute atomic E-state index is 11.5. The molecule has 0 N–H and O–H groups in total. The Kier molecular flexibility index (Phi) is 5.60. The molecule has 1 aromatic heterocycles. The molecule has 0 saturated carbocycles. The van der Waals surface area contributed by atoms with Crippen LogP contribution in [0.2, 0.25) is 0 Å². The topological polar surface area (TPSA) is 52.1 Å². The van der Waals surface area contributed by atoms with Gasteiger partial charge < -0.3 is 4.74 Å². The summed E-state index contributed by atoms with van der Waals surface area (Å²) in [7, 11) is 0. The van der Waals surface area contributed by atoms with Crippen molar-refractivity contribution in [2.45, 2.75) is 46.5 Å². The number of hydrogen-bond acceptors (Lipinski definition) is 4. The maximum atomic E-state index is 11.5. The van der Waals surface area contributed by atoms with Crippen molar-refractivity contribution in [2.75, 3.05) is 6.61 Å². The SMILES string of the molecule is CCCCCc1ncc(C(=O)OCC)c(C)n1. The zero-order chi connectivity index (χ0) is 12.7. The first kappa shape index (κ1) is 13.6. The van der Waals surface area contributed by atoms with Crippen LogP contribution in [0, 0.1) is 6.92 Å². The highest BCUT2D eigenvalue weighted by molar-refractivity contribution is 5.90. The first-order valence-electron chi connectivity index (χ1n) is 6.18. The van der Waals surface area contributed by atoms with Crippen LogP contribution >= 0.6 is 0 Å². The van der Waals surface area contributed by atoms with Crippen molar-refractivity contribution < 1.29 is 9.53 Å². The van der Waals surface area contributed by atoms with Gasteiger partial charge in [0, 0.05) is 12.6 Å². The normalized spacial score (nSPS) is 10.3. The molecule has 0 unspecified atom stereocenters. The van der Waals surface area contributed by atoms with Crippen molar-refractivity contribution in [3.8, 4) is 0 Å². The molecule has 0 amide bonds. The van der Waals surface area contributed by atoms with Gasteiger partial charge >= 0.3 is 5.97 Å². The Bertz CT molecular complexity index is 378. The molecule has 1 aromatic rings. The van der Waals surface area contributed by atoms with Gasteiger partial charge in [-0.15, -0.1) is 0 Å². The Balaban J connectivity index is 2.68. The summed E-state index contributed by atoms with van der Waals surface area (Å²) in [5.41, 5.74) is 1.16. The highest BCUT2D eigenvalue weighted by Crippen LogP contribution is 2.08. The lowest BCUT2D eigenvalue weighted by Gasteiger charge is -2.06. The largest absolute Gasteiger partial charge is 0.462 e. The number of esters is 1. The minimum absolute atomic E-state index is 0.342. The van der Waals surface area contributed by atoms with Crippen molar-refractivity contribution in [3.63, 3.8) is 0 Å². The third-order valence-electron chi connectivity index (χ3n) is 2.53. The van der Waals surface area contributed by atoms with E-state index in [1.165, 1.54) is 12.8 Å². The van der Waals surface area contributed by atoms with Crippen LogP contribution in [0.15, 0.2) is 6.20 Å². The van der Waals surface area contributed by atoms with Gasteiger partial charge in [-0.3, -0.25) is 0 Å². The predicted molar refractivity (Wildman–Crippen MR) is 66.0 cm³/mol. The molecule has 0 aliphatic heterocycles. The second-order valence-electron chi connectivity index (χ2n) is 3.96. The minimum atomic E-state index is -0.342. The second-order valence-corrected chi connectivity index (χ2v) is 3.96. The van der Waals surface area contributed by atoms with Gasteiger partial charge in [-0.2, -0.15) is 0 Å². The van der Waals surface area contributed by atoms with Gasteiger partial charge in [0.25, 0.3) is 0 Å². The third kappa shape index (κ3) is 4.13. The molecule has 0 atom stereocenters. The quantitative estimate of drug-likeness (QED) is 0.563. The van der Waals surface area contributed by atoms with Crippen LogP contribution in [0.3, 0.4) is 0 Å². The summed E-state index contributed by atoms with van der Waals surface area (Å²) < 4.78 is 4.93. The lowest BCUT2D eigenvalue weighted by molar-refractivity contribution is 0.0524. The van der Waals surface area contributed by atoms with Crippen LogP contribution in [0.25, 0.3) is 0 Å². The summed E-state index contributed by atoms with van der Waals surface area (Å²) in [6.07, 6.45) is 5.90. The number of unbranched alkanes of at least 4 members (excludes halogenated alkanes) is 2. The standard InChI is InChI=1S/C13H20N2O2/c1-4-6-7-8-12-14-9-11(10(3)15-12)13(16)17-5-2/h9H,4-8H2,1-3H3. The van der Waals surface area contributed by atoms with Gasteiger partial charge in [-0.05, 0) is 20.3 Å². The van der Waals surface area contributed by atoms with E-state index in [2.05, 4.69) is 16.9 Å². The molecule has 0 aromatic carbocycles. The molecule has 0 radical (unpaired) electrons. The van der Waals surface area contributed by atoms with Crippen LogP contribution in [0.4, 0.5) is 0 Å². The molecule has 17 heavy (non-hydrogen) atoms. The zero-order valence-corrected chi connectivity index (χ0v) is 10.8. The first-order valence-corrected chi connectivity index (χ1v) is 6.18. The van der Waals surface area contributed by atoms with Crippen molar-refractivity contribution >= 4 is 5.97 Å². The molecular formula is C13H20N2O2. The summed E-state index contributed by atoms with van der Waals surface area (Å²) in [4.78, 5) is 20.1. The Labute approximate surface area is 102 Å². The average Bonchev–Trinajstić information content (AvgIpc) is 2.29. The maximum Gasteiger partial charge on any atom is 0.341 e. The zero-order valence-electron chi connectivity index (χ0n) is 10.8. The monoisotopic (exact) mass is 236 g/mol.